The molecule has 1 N–H and O–H groups in total. The normalized spacial score (nSPS) is 17.7. The van der Waals surface area contributed by atoms with Crippen molar-refractivity contribution in [2.24, 2.45) is 11.8 Å². The van der Waals surface area contributed by atoms with Gasteiger partial charge in [0.25, 0.3) is 0 Å². The molecule has 2 nitrogen and oxygen atoms in total. The van der Waals surface area contributed by atoms with Crippen LogP contribution in [0.5, 0.6) is 0 Å². The number of aromatic nitrogens is 1. The van der Waals surface area contributed by atoms with E-state index in [9.17, 15) is 0 Å². The molecule has 0 aromatic carbocycles. The molecule has 1 fully saturated rings. The molecule has 2 rings (SSSR count). The standard InChI is InChI=1S/C14H22N2/c1-11(2)14(13-5-6-13)16-9-7-12-4-3-8-15-10-12/h3-4,8,10-11,13-14,16H,5-7,9H2,1-2H3. The van der Waals surface area contributed by atoms with Gasteiger partial charge in [0.1, 0.15) is 0 Å². The molecule has 0 bridgehead atoms. The second-order valence-electron chi connectivity index (χ2n) is 5.17. The van der Waals surface area contributed by atoms with Crippen LogP contribution in [0.4, 0.5) is 0 Å². The van der Waals surface area contributed by atoms with Crippen LogP contribution in [0.2, 0.25) is 0 Å². The summed E-state index contributed by atoms with van der Waals surface area (Å²) in [6.45, 7) is 5.71. The van der Waals surface area contributed by atoms with Crippen LogP contribution in [0, 0.1) is 11.8 Å². The van der Waals surface area contributed by atoms with Crippen molar-refractivity contribution in [1.29, 1.82) is 0 Å². The Hall–Kier alpha value is -0.890. The molecule has 1 unspecified atom stereocenters. The maximum absolute atomic E-state index is 4.14. The predicted molar refractivity (Wildman–Crippen MR) is 67.3 cm³/mol. The van der Waals surface area contributed by atoms with E-state index in [-0.39, 0.29) is 0 Å². The molecule has 0 spiro atoms. The van der Waals surface area contributed by atoms with Gasteiger partial charge in [-0.3, -0.25) is 4.98 Å². The van der Waals surface area contributed by atoms with E-state index >= 15 is 0 Å². The molecule has 1 aromatic heterocycles. The van der Waals surface area contributed by atoms with Gasteiger partial charge in [0, 0.05) is 18.4 Å². The Morgan fingerprint density at radius 3 is 2.81 bits per heavy atom. The van der Waals surface area contributed by atoms with Gasteiger partial charge in [0.05, 0.1) is 0 Å². The summed E-state index contributed by atoms with van der Waals surface area (Å²) in [6.07, 6.45) is 7.72. The summed E-state index contributed by atoms with van der Waals surface area (Å²) in [6, 6.07) is 4.88. The van der Waals surface area contributed by atoms with Crippen LogP contribution in [0.1, 0.15) is 32.3 Å². The Morgan fingerprint density at radius 1 is 1.44 bits per heavy atom. The van der Waals surface area contributed by atoms with Crippen LogP contribution in [0.25, 0.3) is 0 Å². The van der Waals surface area contributed by atoms with E-state index in [4.69, 9.17) is 0 Å². The Morgan fingerprint density at radius 2 is 2.25 bits per heavy atom. The van der Waals surface area contributed by atoms with Crippen LogP contribution in [0.3, 0.4) is 0 Å². The minimum Gasteiger partial charge on any atom is -0.313 e. The van der Waals surface area contributed by atoms with Crippen molar-refractivity contribution in [2.75, 3.05) is 6.54 Å². The van der Waals surface area contributed by atoms with E-state index in [0.29, 0.717) is 0 Å². The summed E-state index contributed by atoms with van der Waals surface area (Å²) in [5.41, 5.74) is 1.33. The van der Waals surface area contributed by atoms with Gasteiger partial charge in [0.15, 0.2) is 0 Å². The molecular formula is C14H22N2. The fourth-order valence-corrected chi connectivity index (χ4v) is 2.33. The Kier molecular flexibility index (Phi) is 3.94. The van der Waals surface area contributed by atoms with Crippen molar-refractivity contribution < 1.29 is 0 Å². The zero-order valence-corrected chi connectivity index (χ0v) is 10.3. The van der Waals surface area contributed by atoms with E-state index in [1.807, 2.05) is 18.5 Å². The van der Waals surface area contributed by atoms with Crippen molar-refractivity contribution in [2.45, 2.75) is 39.2 Å². The van der Waals surface area contributed by atoms with E-state index in [1.165, 1.54) is 18.4 Å². The highest BCUT2D eigenvalue weighted by Crippen LogP contribution is 2.35. The highest BCUT2D eigenvalue weighted by Gasteiger charge is 2.32. The van der Waals surface area contributed by atoms with Gasteiger partial charge in [-0.2, -0.15) is 0 Å². The molecule has 1 aromatic rings. The molecule has 0 aliphatic heterocycles. The minimum atomic E-state index is 0.719. The highest BCUT2D eigenvalue weighted by atomic mass is 14.9. The van der Waals surface area contributed by atoms with Crippen LogP contribution in [-0.2, 0) is 6.42 Å². The van der Waals surface area contributed by atoms with Crippen molar-refractivity contribution >= 4 is 0 Å². The van der Waals surface area contributed by atoms with Crippen molar-refractivity contribution in [3.05, 3.63) is 30.1 Å². The molecular weight excluding hydrogens is 196 g/mol. The summed E-state index contributed by atoms with van der Waals surface area (Å²) in [5, 5.41) is 3.70. The Bertz CT molecular complexity index is 302. The van der Waals surface area contributed by atoms with E-state index in [1.54, 1.807) is 0 Å². The highest BCUT2D eigenvalue weighted by molar-refractivity contribution is 5.08. The first kappa shape index (κ1) is 11.6. The fourth-order valence-electron chi connectivity index (χ4n) is 2.33. The molecule has 0 amide bonds. The number of pyridine rings is 1. The molecule has 2 heteroatoms. The second-order valence-corrected chi connectivity index (χ2v) is 5.17. The van der Waals surface area contributed by atoms with Crippen molar-refractivity contribution in [1.82, 2.24) is 10.3 Å². The Labute approximate surface area is 98.5 Å². The average molecular weight is 218 g/mol. The third kappa shape index (κ3) is 3.31. The third-order valence-corrected chi connectivity index (χ3v) is 3.36. The van der Waals surface area contributed by atoms with Gasteiger partial charge in [-0.05, 0) is 49.3 Å². The minimum absolute atomic E-state index is 0.719. The van der Waals surface area contributed by atoms with Crippen LogP contribution in [0.15, 0.2) is 24.5 Å². The lowest BCUT2D eigenvalue weighted by Gasteiger charge is -2.22. The number of nitrogens with one attached hydrogen (secondary N) is 1. The monoisotopic (exact) mass is 218 g/mol. The third-order valence-electron chi connectivity index (χ3n) is 3.36. The van der Waals surface area contributed by atoms with E-state index < -0.39 is 0 Å². The van der Waals surface area contributed by atoms with Gasteiger partial charge < -0.3 is 5.32 Å². The van der Waals surface area contributed by atoms with E-state index in [2.05, 4.69) is 30.2 Å². The van der Waals surface area contributed by atoms with E-state index in [0.717, 1.165) is 30.8 Å². The van der Waals surface area contributed by atoms with Crippen LogP contribution in [-0.4, -0.2) is 17.6 Å². The van der Waals surface area contributed by atoms with Gasteiger partial charge in [-0.15, -0.1) is 0 Å². The summed E-state index contributed by atoms with van der Waals surface area (Å²) in [4.78, 5) is 4.14. The zero-order chi connectivity index (χ0) is 11.4. The molecule has 1 aliphatic rings. The SMILES string of the molecule is CC(C)C(NCCc1cccnc1)C1CC1. The first-order valence-corrected chi connectivity index (χ1v) is 6.39. The van der Waals surface area contributed by atoms with Gasteiger partial charge in [0.2, 0.25) is 0 Å². The lowest BCUT2D eigenvalue weighted by molar-refractivity contribution is 0.363. The lowest BCUT2D eigenvalue weighted by Crippen LogP contribution is -2.37. The first-order valence-electron chi connectivity index (χ1n) is 6.39. The van der Waals surface area contributed by atoms with Gasteiger partial charge in [-0.25, -0.2) is 0 Å². The van der Waals surface area contributed by atoms with Crippen molar-refractivity contribution in [3.63, 3.8) is 0 Å². The average Bonchev–Trinajstić information content (AvgIpc) is 3.09. The molecule has 1 saturated carbocycles. The summed E-state index contributed by atoms with van der Waals surface area (Å²) in [5.74, 6) is 1.69. The number of hydrogen-bond donors (Lipinski definition) is 1. The lowest BCUT2D eigenvalue weighted by atomic mass is 9.99. The first-order chi connectivity index (χ1) is 7.77. The molecule has 88 valence electrons. The van der Waals surface area contributed by atoms with Gasteiger partial charge in [-0.1, -0.05) is 19.9 Å². The molecule has 0 saturated heterocycles. The summed E-state index contributed by atoms with van der Waals surface area (Å²) < 4.78 is 0. The van der Waals surface area contributed by atoms with Crippen molar-refractivity contribution in [3.8, 4) is 0 Å². The smallest absolute Gasteiger partial charge is 0.0300 e. The van der Waals surface area contributed by atoms with Gasteiger partial charge >= 0.3 is 0 Å². The quantitative estimate of drug-likeness (QED) is 0.794. The topological polar surface area (TPSA) is 24.9 Å². The molecule has 0 radical (unpaired) electrons. The Balaban J connectivity index is 1.74. The zero-order valence-electron chi connectivity index (χ0n) is 10.3. The molecule has 1 heterocycles. The summed E-state index contributed by atoms with van der Waals surface area (Å²) >= 11 is 0. The largest absolute Gasteiger partial charge is 0.313 e. The maximum Gasteiger partial charge on any atom is 0.0300 e. The van der Waals surface area contributed by atoms with Crippen LogP contribution >= 0.6 is 0 Å². The number of hydrogen-bond acceptors (Lipinski definition) is 2. The molecule has 1 aliphatic carbocycles. The number of rotatable bonds is 6. The molecule has 1 atom stereocenters. The van der Waals surface area contributed by atoms with Crippen LogP contribution < -0.4 is 5.32 Å². The fraction of sp³-hybridized carbons (Fsp3) is 0.643. The maximum atomic E-state index is 4.14. The predicted octanol–water partition coefficient (Wildman–Crippen LogP) is 2.65. The number of nitrogens with zero attached hydrogens (tertiary/aromatic N) is 1. The second kappa shape index (κ2) is 5.44. The summed E-state index contributed by atoms with van der Waals surface area (Å²) in [7, 11) is 0. The molecule has 16 heavy (non-hydrogen) atoms.